The molecule has 1 amide bonds. The number of hydrogen-bond acceptors (Lipinski definition) is 5. The van der Waals surface area contributed by atoms with Gasteiger partial charge in [-0.05, 0) is 30.2 Å². The Morgan fingerprint density at radius 1 is 1.24 bits per heavy atom. The van der Waals surface area contributed by atoms with Gasteiger partial charge in [-0.2, -0.15) is 0 Å². The minimum Gasteiger partial charge on any atom is -0.319 e. The van der Waals surface area contributed by atoms with Crippen LogP contribution in [-0.4, -0.2) is 40.3 Å². The molecule has 1 aromatic carbocycles. The number of carbonyl (C=O) groups is 1. The zero-order chi connectivity index (χ0) is 17.6. The number of aromatic nitrogens is 1. The first-order valence-corrected chi connectivity index (χ1v) is 7.99. The number of nitro groups is 1. The van der Waals surface area contributed by atoms with Crippen molar-refractivity contribution in [1.82, 2.24) is 9.88 Å². The van der Waals surface area contributed by atoms with Crippen LogP contribution in [0.25, 0.3) is 5.57 Å². The third-order valence-electron chi connectivity index (χ3n) is 4.03. The van der Waals surface area contributed by atoms with Crippen LogP contribution in [0.5, 0.6) is 0 Å². The van der Waals surface area contributed by atoms with Gasteiger partial charge in [-0.3, -0.25) is 24.8 Å². The summed E-state index contributed by atoms with van der Waals surface area (Å²) in [6, 6.07) is 11.9. The first kappa shape index (κ1) is 16.8. The van der Waals surface area contributed by atoms with Crippen molar-refractivity contribution in [3.63, 3.8) is 0 Å². The van der Waals surface area contributed by atoms with Crippen LogP contribution >= 0.6 is 0 Å². The molecule has 1 N–H and O–H groups in total. The van der Waals surface area contributed by atoms with Crippen molar-refractivity contribution in [3.05, 3.63) is 70.5 Å². The van der Waals surface area contributed by atoms with Gasteiger partial charge in [0.15, 0.2) is 0 Å². The van der Waals surface area contributed by atoms with Crippen LogP contribution in [0.3, 0.4) is 0 Å². The summed E-state index contributed by atoms with van der Waals surface area (Å²) in [4.78, 5) is 29.0. The summed E-state index contributed by atoms with van der Waals surface area (Å²) in [5, 5.41) is 13.6. The second-order valence-corrected chi connectivity index (χ2v) is 5.75. The summed E-state index contributed by atoms with van der Waals surface area (Å²) in [7, 11) is 0. The van der Waals surface area contributed by atoms with Crippen LogP contribution in [0, 0.1) is 10.1 Å². The van der Waals surface area contributed by atoms with Crippen LogP contribution in [0.4, 0.5) is 11.4 Å². The molecule has 1 aliphatic heterocycles. The lowest BCUT2D eigenvalue weighted by molar-refractivity contribution is -0.383. The van der Waals surface area contributed by atoms with E-state index in [9.17, 15) is 14.9 Å². The molecule has 7 nitrogen and oxygen atoms in total. The molecule has 0 saturated heterocycles. The summed E-state index contributed by atoms with van der Waals surface area (Å²) in [6.07, 6.45) is 4.66. The van der Waals surface area contributed by atoms with Crippen molar-refractivity contribution in [1.29, 1.82) is 0 Å². The third-order valence-corrected chi connectivity index (χ3v) is 4.03. The molecular weight excluding hydrogens is 320 g/mol. The number of nitrogens with zero attached hydrogens (tertiary/aromatic N) is 3. The maximum Gasteiger partial charge on any atom is 0.292 e. The first-order valence-electron chi connectivity index (χ1n) is 7.99. The number of hydrogen-bond donors (Lipinski definition) is 1. The van der Waals surface area contributed by atoms with Crippen molar-refractivity contribution in [2.24, 2.45) is 0 Å². The van der Waals surface area contributed by atoms with Crippen molar-refractivity contribution in [3.8, 4) is 0 Å². The summed E-state index contributed by atoms with van der Waals surface area (Å²) >= 11 is 0. The van der Waals surface area contributed by atoms with E-state index in [1.807, 2.05) is 23.1 Å². The Labute approximate surface area is 145 Å². The van der Waals surface area contributed by atoms with Gasteiger partial charge in [0.25, 0.3) is 5.69 Å². The zero-order valence-electron chi connectivity index (χ0n) is 13.6. The second kappa shape index (κ2) is 7.67. The number of carbonyl (C=O) groups excluding carboxylic acids is 1. The fourth-order valence-corrected chi connectivity index (χ4v) is 2.77. The molecule has 128 valence electrons. The van der Waals surface area contributed by atoms with Crippen LogP contribution in [0.2, 0.25) is 0 Å². The van der Waals surface area contributed by atoms with Gasteiger partial charge in [0.2, 0.25) is 5.91 Å². The molecule has 0 unspecified atom stereocenters. The lowest BCUT2D eigenvalue weighted by atomic mass is 10.0. The van der Waals surface area contributed by atoms with E-state index in [1.54, 1.807) is 18.3 Å². The predicted molar refractivity (Wildman–Crippen MR) is 95.0 cm³/mol. The van der Waals surface area contributed by atoms with E-state index in [0.717, 1.165) is 18.7 Å². The largest absolute Gasteiger partial charge is 0.319 e. The van der Waals surface area contributed by atoms with E-state index in [4.69, 9.17) is 0 Å². The average Bonchev–Trinajstić information content (AvgIpc) is 2.63. The second-order valence-electron chi connectivity index (χ2n) is 5.75. The van der Waals surface area contributed by atoms with E-state index in [-0.39, 0.29) is 23.8 Å². The van der Waals surface area contributed by atoms with Gasteiger partial charge in [-0.15, -0.1) is 0 Å². The normalized spacial score (nSPS) is 14.6. The molecule has 3 rings (SSSR count). The van der Waals surface area contributed by atoms with Crippen molar-refractivity contribution >= 4 is 22.9 Å². The molecule has 25 heavy (non-hydrogen) atoms. The molecule has 0 fully saturated rings. The minimum absolute atomic E-state index is 0.105. The highest BCUT2D eigenvalue weighted by atomic mass is 16.6. The SMILES string of the molecule is O=C(CN1CC=C(c2ccccn2)CC1)Nc1ccccc1[N+](=O)[O-]. The van der Waals surface area contributed by atoms with Crippen molar-refractivity contribution in [2.75, 3.05) is 25.0 Å². The molecule has 2 heterocycles. The first-order chi connectivity index (χ1) is 12.1. The van der Waals surface area contributed by atoms with Crippen LogP contribution in [-0.2, 0) is 4.79 Å². The summed E-state index contributed by atoms with van der Waals surface area (Å²) in [6.45, 7) is 1.58. The Morgan fingerprint density at radius 3 is 2.72 bits per heavy atom. The molecule has 0 saturated carbocycles. The number of benzene rings is 1. The lowest BCUT2D eigenvalue weighted by Gasteiger charge is -2.25. The zero-order valence-corrected chi connectivity index (χ0v) is 13.6. The highest BCUT2D eigenvalue weighted by Gasteiger charge is 2.19. The lowest BCUT2D eigenvalue weighted by Crippen LogP contribution is -2.36. The van der Waals surface area contributed by atoms with E-state index in [1.165, 1.54) is 17.7 Å². The Balaban J connectivity index is 1.58. The average molecular weight is 338 g/mol. The summed E-state index contributed by atoms with van der Waals surface area (Å²) < 4.78 is 0. The summed E-state index contributed by atoms with van der Waals surface area (Å²) in [5.41, 5.74) is 2.26. The van der Waals surface area contributed by atoms with E-state index in [0.29, 0.717) is 6.54 Å². The van der Waals surface area contributed by atoms with Gasteiger partial charge >= 0.3 is 0 Å². The number of para-hydroxylation sites is 2. The van der Waals surface area contributed by atoms with Gasteiger partial charge in [0.1, 0.15) is 5.69 Å². The quantitative estimate of drug-likeness (QED) is 0.669. The van der Waals surface area contributed by atoms with Gasteiger partial charge in [-0.25, -0.2) is 0 Å². The number of rotatable bonds is 5. The monoisotopic (exact) mass is 338 g/mol. The Morgan fingerprint density at radius 2 is 2.04 bits per heavy atom. The van der Waals surface area contributed by atoms with E-state index >= 15 is 0 Å². The topological polar surface area (TPSA) is 88.4 Å². The predicted octanol–water partition coefficient (Wildman–Crippen LogP) is 2.72. The number of anilines is 1. The molecule has 1 aromatic heterocycles. The Hall–Kier alpha value is -3.06. The smallest absolute Gasteiger partial charge is 0.292 e. The number of amides is 1. The van der Waals surface area contributed by atoms with Gasteiger partial charge < -0.3 is 5.32 Å². The highest BCUT2D eigenvalue weighted by molar-refractivity contribution is 5.94. The van der Waals surface area contributed by atoms with Gasteiger partial charge in [-0.1, -0.05) is 24.3 Å². The van der Waals surface area contributed by atoms with Crippen LogP contribution < -0.4 is 5.32 Å². The fourth-order valence-electron chi connectivity index (χ4n) is 2.77. The number of pyridine rings is 1. The molecular formula is C18H18N4O3. The fraction of sp³-hybridized carbons (Fsp3) is 0.222. The molecule has 0 bridgehead atoms. The molecule has 0 aliphatic carbocycles. The third kappa shape index (κ3) is 4.27. The minimum atomic E-state index is -0.502. The Kier molecular flexibility index (Phi) is 5.15. The van der Waals surface area contributed by atoms with Crippen LogP contribution in [0.1, 0.15) is 12.1 Å². The van der Waals surface area contributed by atoms with Crippen molar-refractivity contribution < 1.29 is 9.72 Å². The molecule has 0 radical (unpaired) electrons. The maximum atomic E-state index is 12.2. The number of nitrogens with one attached hydrogen (secondary N) is 1. The molecule has 7 heteroatoms. The standard InChI is InChI=1S/C18H18N4O3/c23-18(20-16-6-1-2-7-17(16)22(24)25)13-21-11-8-14(9-12-21)15-5-3-4-10-19-15/h1-8,10H,9,11-13H2,(H,20,23). The molecule has 2 aromatic rings. The van der Waals surface area contributed by atoms with Gasteiger partial charge in [0, 0.05) is 25.4 Å². The van der Waals surface area contributed by atoms with Crippen molar-refractivity contribution in [2.45, 2.75) is 6.42 Å². The summed E-state index contributed by atoms with van der Waals surface area (Å²) in [5.74, 6) is -0.260. The molecule has 0 atom stereocenters. The highest BCUT2D eigenvalue weighted by Crippen LogP contribution is 2.23. The van der Waals surface area contributed by atoms with Crippen LogP contribution in [0.15, 0.2) is 54.7 Å². The van der Waals surface area contributed by atoms with Gasteiger partial charge in [0.05, 0.1) is 17.2 Å². The van der Waals surface area contributed by atoms with E-state index < -0.39 is 4.92 Å². The van der Waals surface area contributed by atoms with E-state index in [2.05, 4.69) is 16.4 Å². The number of nitro benzene ring substituents is 1. The maximum absolute atomic E-state index is 12.2. The molecule has 1 aliphatic rings. The Bertz CT molecular complexity index is 805. The molecule has 0 spiro atoms.